The van der Waals surface area contributed by atoms with Gasteiger partial charge < -0.3 is 16.4 Å². The third-order valence-electron chi connectivity index (χ3n) is 5.19. The molecule has 1 aromatic rings. The quantitative estimate of drug-likeness (QED) is 0.345. The molecule has 1 saturated heterocycles. The number of amides is 1. The van der Waals surface area contributed by atoms with Gasteiger partial charge >= 0.3 is 0 Å². The summed E-state index contributed by atoms with van der Waals surface area (Å²) < 4.78 is 0. The normalized spacial score (nSPS) is 16.4. The number of primary amides is 1. The second-order valence-corrected chi connectivity index (χ2v) is 7.92. The highest BCUT2D eigenvalue weighted by Crippen LogP contribution is 2.15. The maximum absolute atomic E-state index is 11.0. The van der Waals surface area contributed by atoms with E-state index < -0.39 is 0 Å². The third kappa shape index (κ3) is 7.89. The smallest absolute Gasteiger partial charge is 0.231 e. The van der Waals surface area contributed by atoms with Crippen molar-refractivity contribution in [3.8, 4) is 0 Å². The molecule has 1 aromatic carbocycles. The molecule has 0 atom stereocenters. The number of piperidine rings is 1. The van der Waals surface area contributed by atoms with Crippen molar-refractivity contribution in [1.82, 2.24) is 15.5 Å². The number of guanidine groups is 1. The molecule has 2 rings (SSSR count). The fraction of sp³-hybridized carbons (Fsp3) is 0.636. The average Bonchev–Trinajstić information content (AvgIpc) is 2.67. The summed E-state index contributed by atoms with van der Waals surface area (Å²) in [5.74, 6) is 1.22. The van der Waals surface area contributed by atoms with E-state index in [0.717, 1.165) is 57.8 Å². The van der Waals surface area contributed by atoms with E-state index in [4.69, 9.17) is 10.7 Å². The fourth-order valence-corrected chi connectivity index (χ4v) is 3.51. The molecule has 1 fully saturated rings. The first-order valence-corrected chi connectivity index (χ1v) is 10.6. The maximum atomic E-state index is 11.0. The van der Waals surface area contributed by atoms with Gasteiger partial charge in [0.2, 0.25) is 5.91 Å². The topological polar surface area (TPSA) is 82.8 Å². The number of carbonyl (C=O) groups excluding carboxylic acids is 1. The van der Waals surface area contributed by atoms with Gasteiger partial charge in [-0.1, -0.05) is 38.1 Å². The molecule has 1 heterocycles. The van der Waals surface area contributed by atoms with Crippen molar-refractivity contribution in [2.75, 3.05) is 32.7 Å². The highest BCUT2D eigenvalue weighted by atomic mass is 16.1. The van der Waals surface area contributed by atoms with E-state index in [1.165, 1.54) is 11.1 Å². The molecule has 4 N–H and O–H groups in total. The summed E-state index contributed by atoms with van der Waals surface area (Å²) in [5, 5.41) is 6.89. The summed E-state index contributed by atoms with van der Waals surface area (Å²) in [5.41, 5.74) is 8.05. The molecule has 1 amide bonds. The number of benzene rings is 1. The van der Waals surface area contributed by atoms with E-state index in [-0.39, 0.29) is 5.91 Å². The molecule has 28 heavy (non-hydrogen) atoms. The summed E-state index contributed by atoms with van der Waals surface area (Å²) in [4.78, 5) is 17.9. The van der Waals surface area contributed by atoms with Gasteiger partial charge in [-0.15, -0.1) is 0 Å². The minimum absolute atomic E-state index is 0.250. The van der Waals surface area contributed by atoms with Crippen LogP contribution >= 0.6 is 0 Å². The molecular formula is C22H37N5O. The minimum atomic E-state index is -0.250. The lowest BCUT2D eigenvalue weighted by Crippen LogP contribution is -2.49. The monoisotopic (exact) mass is 387 g/mol. The van der Waals surface area contributed by atoms with E-state index >= 15 is 0 Å². The number of aryl methyl sites for hydroxylation is 1. The first-order chi connectivity index (χ1) is 13.5. The van der Waals surface area contributed by atoms with Gasteiger partial charge in [0.05, 0.1) is 6.54 Å². The van der Waals surface area contributed by atoms with Crippen molar-refractivity contribution >= 4 is 11.9 Å². The van der Waals surface area contributed by atoms with Crippen LogP contribution in [0.3, 0.4) is 0 Å². The van der Waals surface area contributed by atoms with Gasteiger partial charge in [0, 0.05) is 32.2 Å². The standard InChI is InChI=1S/C22H37N5O/c1-4-24-22(26-20-11-14-27(15-12-20)16-21(23)28)25-13-5-6-18-7-9-19(10-8-18)17(2)3/h7-10,17,20H,4-6,11-16H2,1-3H3,(H2,23,28)(H2,24,25,26). The molecular weight excluding hydrogens is 350 g/mol. The van der Waals surface area contributed by atoms with Crippen LogP contribution in [0.25, 0.3) is 0 Å². The second-order valence-electron chi connectivity index (χ2n) is 7.92. The Bertz CT molecular complexity index is 618. The Kier molecular flexibility index (Phi) is 9.28. The molecule has 6 heteroatoms. The van der Waals surface area contributed by atoms with E-state index in [1.807, 2.05) is 0 Å². The first-order valence-electron chi connectivity index (χ1n) is 10.6. The van der Waals surface area contributed by atoms with Crippen molar-refractivity contribution < 1.29 is 4.79 Å². The van der Waals surface area contributed by atoms with E-state index in [1.54, 1.807) is 0 Å². The van der Waals surface area contributed by atoms with Gasteiger partial charge in [0.25, 0.3) is 0 Å². The number of hydrogen-bond acceptors (Lipinski definition) is 3. The van der Waals surface area contributed by atoms with Crippen LogP contribution in [-0.2, 0) is 11.2 Å². The van der Waals surface area contributed by atoms with E-state index in [0.29, 0.717) is 18.5 Å². The number of hydrogen-bond donors (Lipinski definition) is 3. The van der Waals surface area contributed by atoms with Crippen LogP contribution in [0.15, 0.2) is 29.3 Å². The van der Waals surface area contributed by atoms with Crippen LogP contribution < -0.4 is 16.4 Å². The number of rotatable bonds is 9. The zero-order valence-corrected chi connectivity index (χ0v) is 17.7. The van der Waals surface area contributed by atoms with Crippen LogP contribution in [0, 0.1) is 0 Å². The Balaban J connectivity index is 1.75. The minimum Gasteiger partial charge on any atom is -0.369 e. The predicted molar refractivity (Wildman–Crippen MR) is 117 cm³/mol. The molecule has 0 bridgehead atoms. The number of likely N-dealkylation sites (tertiary alicyclic amines) is 1. The van der Waals surface area contributed by atoms with Crippen molar-refractivity contribution in [3.05, 3.63) is 35.4 Å². The van der Waals surface area contributed by atoms with E-state index in [9.17, 15) is 4.79 Å². The molecule has 156 valence electrons. The Hall–Kier alpha value is -2.08. The number of nitrogens with zero attached hydrogens (tertiary/aromatic N) is 2. The summed E-state index contributed by atoms with van der Waals surface area (Å²) in [7, 11) is 0. The number of nitrogens with one attached hydrogen (secondary N) is 2. The Labute approximate surface area is 170 Å². The molecule has 0 aliphatic carbocycles. The molecule has 0 aromatic heterocycles. The van der Waals surface area contributed by atoms with Crippen LogP contribution in [0.1, 0.15) is 57.1 Å². The summed E-state index contributed by atoms with van der Waals surface area (Å²) in [6.45, 7) is 10.3. The first kappa shape index (κ1) is 22.2. The van der Waals surface area contributed by atoms with Crippen molar-refractivity contribution in [2.45, 2.75) is 58.4 Å². The number of nitrogens with two attached hydrogens (primary N) is 1. The van der Waals surface area contributed by atoms with Gasteiger partial charge in [-0.25, -0.2) is 0 Å². The average molecular weight is 388 g/mol. The molecule has 0 unspecified atom stereocenters. The predicted octanol–water partition coefficient (Wildman–Crippen LogP) is 2.25. The Morgan fingerprint density at radius 2 is 1.93 bits per heavy atom. The summed E-state index contributed by atoms with van der Waals surface area (Å²) in [6, 6.07) is 9.34. The largest absolute Gasteiger partial charge is 0.369 e. The zero-order chi connectivity index (χ0) is 20.4. The van der Waals surface area contributed by atoms with Gasteiger partial charge in [-0.2, -0.15) is 0 Å². The van der Waals surface area contributed by atoms with Crippen molar-refractivity contribution in [2.24, 2.45) is 10.7 Å². The number of carbonyl (C=O) groups is 1. The van der Waals surface area contributed by atoms with Crippen molar-refractivity contribution in [3.63, 3.8) is 0 Å². The van der Waals surface area contributed by atoms with Gasteiger partial charge in [-0.05, 0) is 49.7 Å². The van der Waals surface area contributed by atoms with E-state index in [2.05, 4.69) is 60.6 Å². The summed E-state index contributed by atoms with van der Waals surface area (Å²) >= 11 is 0. The second kappa shape index (κ2) is 11.7. The van der Waals surface area contributed by atoms with Crippen LogP contribution in [0.2, 0.25) is 0 Å². The van der Waals surface area contributed by atoms with Gasteiger partial charge in [0.1, 0.15) is 0 Å². The Morgan fingerprint density at radius 3 is 2.50 bits per heavy atom. The highest BCUT2D eigenvalue weighted by molar-refractivity contribution is 5.80. The lowest BCUT2D eigenvalue weighted by Gasteiger charge is -2.32. The van der Waals surface area contributed by atoms with Crippen LogP contribution in [0.4, 0.5) is 0 Å². The SMILES string of the molecule is CCNC(=NCCCc1ccc(C(C)C)cc1)NC1CCN(CC(N)=O)CC1. The van der Waals surface area contributed by atoms with Crippen LogP contribution in [-0.4, -0.2) is 55.5 Å². The maximum Gasteiger partial charge on any atom is 0.231 e. The number of aliphatic imine (C=N–C) groups is 1. The van der Waals surface area contributed by atoms with Gasteiger partial charge in [0.15, 0.2) is 5.96 Å². The molecule has 1 aliphatic heterocycles. The van der Waals surface area contributed by atoms with Gasteiger partial charge in [-0.3, -0.25) is 14.7 Å². The molecule has 0 spiro atoms. The molecule has 0 radical (unpaired) electrons. The molecule has 0 saturated carbocycles. The lowest BCUT2D eigenvalue weighted by atomic mass is 10.0. The zero-order valence-electron chi connectivity index (χ0n) is 17.7. The van der Waals surface area contributed by atoms with Crippen molar-refractivity contribution in [1.29, 1.82) is 0 Å². The fourth-order valence-electron chi connectivity index (χ4n) is 3.51. The Morgan fingerprint density at radius 1 is 1.25 bits per heavy atom. The molecule has 6 nitrogen and oxygen atoms in total. The highest BCUT2D eigenvalue weighted by Gasteiger charge is 2.20. The van der Waals surface area contributed by atoms with Crippen LogP contribution in [0.5, 0.6) is 0 Å². The summed E-state index contributed by atoms with van der Waals surface area (Å²) in [6.07, 6.45) is 4.08. The lowest BCUT2D eigenvalue weighted by molar-refractivity contribution is -0.119. The third-order valence-corrected chi connectivity index (χ3v) is 5.19. The molecule has 1 aliphatic rings.